The standard InChI is InChI=1S/C11H12ClN3O/c1-8(5-13)7-15(2)11(16)9-6-14-4-3-10(9)12/h3-4,6,8H,7H2,1-2H3. The van der Waals surface area contributed by atoms with Crippen LogP contribution >= 0.6 is 11.6 Å². The molecule has 0 N–H and O–H groups in total. The molecule has 0 bridgehead atoms. The van der Waals surface area contributed by atoms with Crippen LogP contribution in [0.4, 0.5) is 0 Å². The Labute approximate surface area is 99.5 Å². The summed E-state index contributed by atoms with van der Waals surface area (Å²) in [6.45, 7) is 2.13. The molecule has 0 radical (unpaired) electrons. The van der Waals surface area contributed by atoms with Crippen LogP contribution in [-0.2, 0) is 0 Å². The minimum atomic E-state index is -0.222. The molecule has 1 amide bonds. The third kappa shape index (κ3) is 2.94. The lowest BCUT2D eigenvalue weighted by Crippen LogP contribution is -2.30. The first kappa shape index (κ1) is 12.5. The smallest absolute Gasteiger partial charge is 0.256 e. The molecule has 16 heavy (non-hydrogen) atoms. The molecule has 0 aliphatic heterocycles. The van der Waals surface area contributed by atoms with Crippen LogP contribution in [0.15, 0.2) is 18.5 Å². The molecule has 1 rings (SSSR count). The molecular formula is C11H12ClN3O. The summed E-state index contributed by atoms with van der Waals surface area (Å²) in [5, 5.41) is 9.04. The highest BCUT2D eigenvalue weighted by molar-refractivity contribution is 6.33. The van der Waals surface area contributed by atoms with E-state index in [9.17, 15) is 4.79 Å². The Hall–Kier alpha value is -1.60. The Morgan fingerprint density at radius 1 is 1.75 bits per heavy atom. The predicted octanol–water partition coefficient (Wildman–Crippen LogP) is 1.97. The third-order valence-corrected chi connectivity index (χ3v) is 2.44. The van der Waals surface area contributed by atoms with E-state index < -0.39 is 0 Å². The van der Waals surface area contributed by atoms with E-state index in [1.807, 2.05) is 0 Å². The van der Waals surface area contributed by atoms with Crippen molar-refractivity contribution < 1.29 is 4.79 Å². The number of hydrogen-bond donors (Lipinski definition) is 0. The number of nitrogens with zero attached hydrogens (tertiary/aromatic N) is 3. The van der Waals surface area contributed by atoms with Crippen LogP contribution in [0.2, 0.25) is 5.02 Å². The first-order valence-electron chi connectivity index (χ1n) is 4.81. The van der Waals surface area contributed by atoms with E-state index in [1.54, 1.807) is 20.0 Å². The summed E-state index contributed by atoms with van der Waals surface area (Å²) in [7, 11) is 1.64. The average molecular weight is 238 g/mol. The monoisotopic (exact) mass is 237 g/mol. The van der Waals surface area contributed by atoms with Crippen molar-refractivity contribution in [2.45, 2.75) is 6.92 Å². The van der Waals surface area contributed by atoms with E-state index in [0.29, 0.717) is 17.1 Å². The molecule has 84 valence electrons. The summed E-state index contributed by atoms with van der Waals surface area (Å²) in [4.78, 5) is 17.2. The first-order valence-corrected chi connectivity index (χ1v) is 5.18. The van der Waals surface area contributed by atoms with Crippen LogP contribution in [0.3, 0.4) is 0 Å². The number of pyridine rings is 1. The summed E-state index contributed by atoms with van der Waals surface area (Å²) in [5.41, 5.74) is 0.358. The lowest BCUT2D eigenvalue weighted by atomic mass is 10.2. The molecular weight excluding hydrogens is 226 g/mol. The molecule has 0 fully saturated rings. The minimum absolute atomic E-state index is 0.204. The molecule has 1 aromatic rings. The van der Waals surface area contributed by atoms with Gasteiger partial charge >= 0.3 is 0 Å². The molecule has 5 heteroatoms. The fourth-order valence-corrected chi connectivity index (χ4v) is 1.46. The summed E-state index contributed by atoms with van der Waals surface area (Å²) in [5.74, 6) is -0.426. The second-order valence-electron chi connectivity index (χ2n) is 3.57. The lowest BCUT2D eigenvalue weighted by Gasteiger charge is -2.18. The topological polar surface area (TPSA) is 57.0 Å². The van der Waals surface area contributed by atoms with Crippen molar-refractivity contribution in [3.63, 3.8) is 0 Å². The van der Waals surface area contributed by atoms with Crippen LogP contribution in [0.5, 0.6) is 0 Å². The number of carbonyl (C=O) groups excluding carboxylic acids is 1. The number of halogens is 1. The van der Waals surface area contributed by atoms with Gasteiger partial charge < -0.3 is 4.90 Å². The van der Waals surface area contributed by atoms with Gasteiger partial charge in [-0.1, -0.05) is 11.6 Å². The third-order valence-electron chi connectivity index (χ3n) is 2.11. The van der Waals surface area contributed by atoms with Crippen molar-refractivity contribution in [3.8, 4) is 6.07 Å². The predicted molar refractivity (Wildman–Crippen MR) is 61.0 cm³/mol. The molecule has 0 spiro atoms. The van der Waals surface area contributed by atoms with Crippen LogP contribution in [0, 0.1) is 17.2 Å². The maximum absolute atomic E-state index is 11.9. The SMILES string of the molecule is CC(C#N)CN(C)C(=O)c1cnccc1Cl. The van der Waals surface area contributed by atoms with Crippen molar-refractivity contribution in [1.82, 2.24) is 9.88 Å². The van der Waals surface area contributed by atoms with Gasteiger partial charge in [0.25, 0.3) is 5.91 Å². The minimum Gasteiger partial charge on any atom is -0.340 e. The van der Waals surface area contributed by atoms with Crippen molar-refractivity contribution in [2.24, 2.45) is 5.92 Å². The van der Waals surface area contributed by atoms with Crippen LogP contribution < -0.4 is 0 Å². The average Bonchev–Trinajstić information content (AvgIpc) is 2.28. The number of hydrogen-bond acceptors (Lipinski definition) is 3. The maximum atomic E-state index is 11.9. The van der Waals surface area contributed by atoms with Gasteiger partial charge in [0.1, 0.15) is 0 Å². The van der Waals surface area contributed by atoms with Gasteiger partial charge in [-0.25, -0.2) is 0 Å². The van der Waals surface area contributed by atoms with Crippen molar-refractivity contribution in [2.75, 3.05) is 13.6 Å². The molecule has 0 saturated carbocycles. The normalized spacial score (nSPS) is 11.6. The molecule has 0 aromatic carbocycles. The van der Waals surface area contributed by atoms with Crippen molar-refractivity contribution >= 4 is 17.5 Å². The van der Waals surface area contributed by atoms with E-state index >= 15 is 0 Å². The molecule has 0 saturated heterocycles. The molecule has 1 heterocycles. The Morgan fingerprint density at radius 2 is 2.44 bits per heavy atom. The highest BCUT2D eigenvalue weighted by Crippen LogP contribution is 2.15. The van der Waals surface area contributed by atoms with E-state index in [-0.39, 0.29) is 11.8 Å². The first-order chi connectivity index (χ1) is 7.56. The summed E-state index contributed by atoms with van der Waals surface area (Å²) < 4.78 is 0. The molecule has 0 aliphatic carbocycles. The lowest BCUT2D eigenvalue weighted by molar-refractivity contribution is 0.0785. The number of amides is 1. The quantitative estimate of drug-likeness (QED) is 0.808. The van der Waals surface area contributed by atoms with Gasteiger partial charge in [-0.05, 0) is 13.0 Å². The number of nitriles is 1. The van der Waals surface area contributed by atoms with Crippen LogP contribution in [0.25, 0.3) is 0 Å². The number of carbonyl (C=O) groups is 1. The maximum Gasteiger partial charge on any atom is 0.256 e. The highest BCUT2D eigenvalue weighted by Gasteiger charge is 2.16. The number of rotatable bonds is 3. The second-order valence-corrected chi connectivity index (χ2v) is 3.98. The van der Waals surface area contributed by atoms with Crippen molar-refractivity contribution in [3.05, 3.63) is 29.0 Å². The van der Waals surface area contributed by atoms with Gasteiger partial charge in [-0.15, -0.1) is 0 Å². The Kier molecular flexibility index (Phi) is 4.27. The second kappa shape index (κ2) is 5.47. The summed E-state index contributed by atoms with van der Waals surface area (Å²) in [6.07, 6.45) is 2.95. The molecule has 4 nitrogen and oxygen atoms in total. The van der Waals surface area contributed by atoms with E-state index in [2.05, 4.69) is 11.1 Å². The van der Waals surface area contributed by atoms with Gasteiger partial charge in [0.05, 0.1) is 22.6 Å². The summed E-state index contributed by atoms with van der Waals surface area (Å²) in [6, 6.07) is 3.64. The molecule has 0 aliphatic rings. The highest BCUT2D eigenvalue weighted by atomic mass is 35.5. The van der Waals surface area contributed by atoms with Gasteiger partial charge in [-0.2, -0.15) is 5.26 Å². The van der Waals surface area contributed by atoms with E-state index in [0.717, 1.165) is 0 Å². The van der Waals surface area contributed by atoms with Gasteiger partial charge in [-0.3, -0.25) is 9.78 Å². The van der Waals surface area contributed by atoms with Gasteiger partial charge in [0.15, 0.2) is 0 Å². The molecule has 1 unspecified atom stereocenters. The Balaban J connectivity index is 2.80. The van der Waals surface area contributed by atoms with Crippen LogP contribution in [-0.4, -0.2) is 29.4 Å². The molecule has 1 aromatic heterocycles. The van der Waals surface area contributed by atoms with E-state index in [4.69, 9.17) is 16.9 Å². The van der Waals surface area contributed by atoms with Crippen LogP contribution in [0.1, 0.15) is 17.3 Å². The van der Waals surface area contributed by atoms with E-state index in [1.165, 1.54) is 17.3 Å². The summed E-state index contributed by atoms with van der Waals surface area (Å²) >= 11 is 5.88. The zero-order chi connectivity index (χ0) is 12.1. The Morgan fingerprint density at radius 3 is 3.00 bits per heavy atom. The van der Waals surface area contributed by atoms with Crippen molar-refractivity contribution in [1.29, 1.82) is 5.26 Å². The largest absolute Gasteiger partial charge is 0.340 e. The fourth-order valence-electron chi connectivity index (χ4n) is 1.28. The zero-order valence-corrected chi connectivity index (χ0v) is 9.90. The van der Waals surface area contributed by atoms with Gasteiger partial charge in [0.2, 0.25) is 0 Å². The zero-order valence-electron chi connectivity index (χ0n) is 9.14. The molecule has 1 atom stereocenters. The number of aromatic nitrogens is 1. The van der Waals surface area contributed by atoms with Gasteiger partial charge in [0, 0.05) is 26.0 Å². The fraction of sp³-hybridized carbons (Fsp3) is 0.364. The Bertz CT molecular complexity index is 427.